The van der Waals surface area contributed by atoms with Crippen molar-refractivity contribution in [3.8, 4) is 11.5 Å². The average Bonchev–Trinajstić information content (AvgIpc) is 3.21. The molecule has 0 bridgehead atoms. The van der Waals surface area contributed by atoms with Crippen LogP contribution < -0.4 is 19.6 Å². The minimum atomic E-state index is -3.91. The van der Waals surface area contributed by atoms with E-state index in [1.807, 2.05) is 0 Å². The van der Waals surface area contributed by atoms with Gasteiger partial charge in [0.25, 0.3) is 15.9 Å². The molecule has 1 amide bonds. The molecule has 0 aromatic heterocycles. The van der Waals surface area contributed by atoms with Crippen molar-refractivity contribution in [3.63, 3.8) is 0 Å². The predicted molar refractivity (Wildman–Crippen MR) is 116 cm³/mol. The molecule has 1 aliphatic rings. The minimum Gasteiger partial charge on any atom is -0.454 e. The number of hydrazone groups is 1. The number of anilines is 1. The number of hydrogen-bond donors (Lipinski definition) is 2. The van der Waals surface area contributed by atoms with Crippen LogP contribution in [0.25, 0.3) is 0 Å². The van der Waals surface area contributed by atoms with E-state index in [4.69, 9.17) is 21.1 Å². The van der Waals surface area contributed by atoms with Crippen molar-refractivity contribution in [2.75, 3.05) is 11.5 Å². The zero-order chi connectivity index (χ0) is 21.8. The van der Waals surface area contributed by atoms with Gasteiger partial charge in [0.15, 0.2) is 11.5 Å². The number of rotatable bonds is 6. The highest BCUT2D eigenvalue weighted by molar-refractivity contribution is 7.92. The Hall–Kier alpha value is -3.56. The third kappa shape index (κ3) is 4.96. The van der Waals surface area contributed by atoms with Crippen LogP contribution in [0.2, 0.25) is 5.02 Å². The molecular weight excluding hydrogens is 442 g/mol. The number of halogens is 1. The molecule has 3 aromatic carbocycles. The van der Waals surface area contributed by atoms with Gasteiger partial charge in [-0.05, 0) is 60.2 Å². The van der Waals surface area contributed by atoms with Crippen molar-refractivity contribution >= 4 is 39.4 Å². The molecule has 0 saturated heterocycles. The molecule has 1 aliphatic heterocycles. The molecule has 8 nitrogen and oxygen atoms in total. The van der Waals surface area contributed by atoms with Gasteiger partial charge in [-0.2, -0.15) is 5.10 Å². The first-order valence-electron chi connectivity index (χ1n) is 9.02. The average molecular weight is 458 g/mol. The number of amides is 1. The van der Waals surface area contributed by atoms with Crippen LogP contribution in [0.4, 0.5) is 5.69 Å². The largest absolute Gasteiger partial charge is 0.454 e. The Morgan fingerprint density at radius 1 is 1.00 bits per heavy atom. The molecule has 10 heteroatoms. The Balaban J connectivity index is 1.45. The normalized spacial score (nSPS) is 12.7. The summed E-state index contributed by atoms with van der Waals surface area (Å²) in [6, 6.07) is 17.2. The highest BCUT2D eigenvalue weighted by Gasteiger charge is 2.17. The smallest absolute Gasteiger partial charge is 0.271 e. The molecule has 0 radical (unpaired) electrons. The number of carbonyl (C=O) groups is 1. The highest BCUT2D eigenvalue weighted by Crippen LogP contribution is 2.32. The van der Waals surface area contributed by atoms with Gasteiger partial charge in [0.1, 0.15) is 0 Å². The Labute approximate surface area is 183 Å². The lowest BCUT2D eigenvalue weighted by Gasteiger charge is -2.09. The van der Waals surface area contributed by atoms with E-state index < -0.39 is 15.9 Å². The summed E-state index contributed by atoms with van der Waals surface area (Å²) in [5.41, 5.74) is 3.53. The molecule has 31 heavy (non-hydrogen) atoms. The maximum Gasteiger partial charge on any atom is 0.271 e. The van der Waals surface area contributed by atoms with E-state index in [2.05, 4.69) is 15.2 Å². The first-order chi connectivity index (χ1) is 14.9. The number of ether oxygens (including phenoxy) is 2. The molecule has 158 valence electrons. The summed E-state index contributed by atoms with van der Waals surface area (Å²) in [5.74, 6) is 0.683. The van der Waals surface area contributed by atoms with E-state index in [9.17, 15) is 13.2 Å². The van der Waals surface area contributed by atoms with Crippen LogP contribution in [0.15, 0.2) is 76.7 Å². The second-order valence-corrected chi connectivity index (χ2v) is 8.57. The highest BCUT2D eigenvalue weighted by atomic mass is 35.5. The second-order valence-electron chi connectivity index (χ2n) is 6.46. The predicted octanol–water partition coefficient (Wildman–Crippen LogP) is 3.63. The van der Waals surface area contributed by atoms with E-state index in [1.54, 1.807) is 36.4 Å². The molecule has 1 heterocycles. The van der Waals surface area contributed by atoms with E-state index in [1.165, 1.54) is 36.5 Å². The summed E-state index contributed by atoms with van der Waals surface area (Å²) >= 11 is 5.89. The lowest BCUT2D eigenvalue weighted by Crippen LogP contribution is -2.19. The zero-order valence-corrected chi connectivity index (χ0v) is 17.5. The lowest BCUT2D eigenvalue weighted by molar-refractivity contribution is 0.0955. The van der Waals surface area contributed by atoms with E-state index in [0.29, 0.717) is 27.8 Å². The molecule has 0 spiro atoms. The van der Waals surface area contributed by atoms with E-state index in [-0.39, 0.29) is 17.3 Å². The van der Waals surface area contributed by atoms with Crippen LogP contribution in [0, 0.1) is 0 Å². The molecular formula is C21H16ClN3O5S. The number of hydrogen-bond acceptors (Lipinski definition) is 6. The molecule has 0 saturated carbocycles. The van der Waals surface area contributed by atoms with Gasteiger partial charge in [-0.15, -0.1) is 0 Å². The van der Waals surface area contributed by atoms with Gasteiger partial charge in [-0.3, -0.25) is 9.52 Å². The topological polar surface area (TPSA) is 106 Å². The van der Waals surface area contributed by atoms with Crippen molar-refractivity contribution in [1.82, 2.24) is 5.43 Å². The van der Waals surface area contributed by atoms with Crippen LogP contribution in [-0.4, -0.2) is 27.3 Å². The van der Waals surface area contributed by atoms with Gasteiger partial charge in [0.05, 0.1) is 16.8 Å². The first kappa shape index (κ1) is 20.7. The van der Waals surface area contributed by atoms with Crippen LogP contribution >= 0.6 is 11.6 Å². The fourth-order valence-electron chi connectivity index (χ4n) is 2.79. The quantitative estimate of drug-likeness (QED) is 0.434. The van der Waals surface area contributed by atoms with Crippen LogP contribution in [0.5, 0.6) is 11.5 Å². The van der Waals surface area contributed by atoms with Gasteiger partial charge < -0.3 is 9.47 Å². The molecule has 3 aromatic rings. The fourth-order valence-corrected chi connectivity index (χ4v) is 4.08. The van der Waals surface area contributed by atoms with Gasteiger partial charge >= 0.3 is 0 Å². The molecule has 4 rings (SSSR count). The van der Waals surface area contributed by atoms with E-state index in [0.717, 1.165) is 0 Å². The summed E-state index contributed by atoms with van der Waals surface area (Å²) in [4.78, 5) is 12.3. The Morgan fingerprint density at radius 2 is 1.81 bits per heavy atom. The second kappa shape index (κ2) is 8.66. The Kier molecular flexibility index (Phi) is 5.79. The van der Waals surface area contributed by atoms with Crippen molar-refractivity contribution in [3.05, 3.63) is 82.9 Å². The molecule has 2 N–H and O–H groups in total. The fraction of sp³-hybridized carbons (Fsp3) is 0.0476. The SMILES string of the molecule is O=C(N/N=C\c1ccc2c(c1)OCO2)c1cccc(S(=O)(=O)Nc2cccc(Cl)c2)c1. The van der Waals surface area contributed by atoms with Crippen molar-refractivity contribution in [2.24, 2.45) is 5.10 Å². The van der Waals surface area contributed by atoms with Gasteiger partial charge in [0.2, 0.25) is 6.79 Å². The van der Waals surface area contributed by atoms with Gasteiger partial charge in [-0.1, -0.05) is 23.7 Å². The van der Waals surface area contributed by atoms with Crippen LogP contribution in [0.3, 0.4) is 0 Å². The number of nitrogens with zero attached hydrogens (tertiary/aromatic N) is 1. The Morgan fingerprint density at radius 3 is 2.65 bits per heavy atom. The Bertz CT molecular complexity index is 1280. The third-order valence-electron chi connectivity index (χ3n) is 4.26. The van der Waals surface area contributed by atoms with E-state index >= 15 is 0 Å². The lowest BCUT2D eigenvalue weighted by atomic mass is 10.2. The third-order valence-corrected chi connectivity index (χ3v) is 5.87. The first-order valence-corrected chi connectivity index (χ1v) is 10.9. The maximum atomic E-state index is 12.6. The summed E-state index contributed by atoms with van der Waals surface area (Å²) in [7, 11) is -3.91. The summed E-state index contributed by atoms with van der Waals surface area (Å²) < 4.78 is 38.2. The number of nitrogens with one attached hydrogen (secondary N) is 2. The standard InChI is InChI=1S/C21H16ClN3O5S/c22-16-4-2-5-17(11-16)25-31(27,28)18-6-1-3-15(10-18)21(26)24-23-12-14-7-8-19-20(9-14)30-13-29-19/h1-12,25H,13H2,(H,24,26)/b23-12-. The summed E-state index contributed by atoms with van der Waals surface area (Å²) in [6.45, 7) is 0.165. The van der Waals surface area contributed by atoms with Gasteiger partial charge in [0, 0.05) is 10.6 Å². The number of carbonyl (C=O) groups excluding carboxylic acids is 1. The molecule has 0 unspecified atom stereocenters. The number of benzene rings is 3. The number of sulfonamides is 1. The van der Waals surface area contributed by atoms with Crippen LogP contribution in [0.1, 0.15) is 15.9 Å². The van der Waals surface area contributed by atoms with Crippen molar-refractivity contribution in [1.29, 1.82) is 0 Å². The molecule has 0 fully saturated rings. The van der Waals surface area contributed by atoms with Gasteiger partial charge in [-0.25, -0.2) is 13.8 Å². The van der Waals surface area contributed by atoms with Crippen LogP contribution in [-0.2, 0) is 10.0 Å². The summed E-state index contributed by atoms with van der Waals surface area (Å²) in [5, 5.41) is 4.31. The minimum absolute atomic E-state index is 0.0696. The molecule has 0 aliphatic carbocycles. The number of fused-ring (bicyclic) bond motifs is 1. The van der Waals surface area contributed by atoms with Crippen molar-refractivity contribution in [2.45, 2.75) is 4.90 Å². The molecule has 0 atom stereocenters. The zero-order valence-electron chi connectivity index (χ0n) is 15.9. The monoisotopic (exact) mass is 457 g/mol. The van der Waals surface area contributed by atoms with Crippen molar-refractivity contribution < 1.29 is 22.7 Å². The summed E-state index contributed by atoms with van der Waals surface area (Å²) in [6.07, 6.45) is 1.45. The maximum absolute atomic E-state index is 12.6.